The van der Waals surface area contributed by atoms with Crippen molar-refractivity contribution in [1.29, 1.82) is 0 Å². The van der Waals surface area contributed by atoms with Crippen LogP contribution in [0.3, 0.4) is 0 Å². The number of para-hydroxylation sites is 1. The molecule has 0 aromatic heterocycles. The highest BCUT2D eigenvalue weighted by molar-refractivity contribution is 5.88. The van der Waals surface area contributed by atoms with Gasteiger partial charge in [0.1, 0.15) is 5.75 Å². The molecule has 0 spiro atoms. The molecule has 0 aliphatic rings. The first-order valence-corrected chi connectivity index (χ1v) is 10.7. The standard InChI is InChI=1S/C27H29NO3/c1-2-30-27(29)20-15-23-13-6-7-14-26(23)28-24-16-18-25(19-17-24)31-21-9-8-12-22-10-4-3-5-11-22/h3-7,10-11,13-20,28H,2,8-9,12,21H2,1H3. The summed E-state index contributed by atoms with van der Waals surface area (Å²) in [6.45, 7) is 2.87. The lowest BCUT2D eigenvalue weighted by atomic mass is 10.1. The van der Waals surface area contributed by atoms with Gasteiger partial charge in [0.2, 0.25) is 0 Å². The average molecular weight is 416 g/mol. The van der Waals surface area contributed by atoms with E-state index < -0.39 is 0 Å². The number of carbonyl (C=O) groups is 1. The Hall–Kier alpha value is -3.53. The molecule has 0 saturated heterocycles. The second-order valence-electron chi connectivity index (χ2n) is 7.11. The van der Waals surface area contributed by atoms with Gasteiger partial charge in [0, 0.05) is 17.5 Å². The van der Waals surface area contributed by atoms with Crippen LogP contribution in [0, 0.1) is 0 Å². The zero-order chi connectivity index (χ0) is 21.7. The average Bonchev–Trinajstić information content (AvgIpc) is 2.80. The van der Waals surface area contributed by atoms with Crippen molar-refractivity contribution in [2.75, 3.05) is 18.5 Å². The van der Waals surface area contributed by atoms with E-state index in [1.54, 1.807) is 13.0 Å². The highest BCUT2D eigenvalue weighted by atomic mass is 16.5. The molecule has 0 atom stereocenters. The summed E-state index contributed by atoms with van der Waals surface area (Å²) in [5.41, 5.74) is 4.15. The van der Waals surface area contributed by atoms with E-state index in [4.69, 9.17) is 9.47 Å². The number of nitrogens with one attached hydrogen (secondary N) is 1. The van der Waals surface area contributed by atoms with Gasteiger partial charge in [-0.2, -0.15) is 0 Å². The Kier molecular flexibility index (Phi) is 8.74. The fourth-order valence-corrected chi connectivity index (χ4v) is 3.16. The Balaban J connectivity index is 1.48. The van der Waals surface area contributed by atoms with E-state index >= 15 is 0 Å². The van der Waals surface area contributed by atoms with E-state index in [2.05, 4.69) is 29.6 Å². The Morgan fingerprint density at radius 2 is 1.65 bits per heavy atom. The van der Waals surface area contributed by atoms with Gasteiger partial charge in [-0.15, -0.1) is 0 Å². The lowest BCUT2D eigenvalue weighted by Crippen LogP contribution is -1.99. The van der Waals surface area contributed by atoms with Crippen molar-refractivity contribution in [1.82, 2.24) is 0 Å². The third-order valence-electron chi connectivity index (χ3n) is 4.75. The molecule has 3 rings (SSSR count). The predicted molar refractivity (Wildman–Crippen MR) is 127 cm³/mol. The normalized spacial score (nSPS) is 10.7. The molecule has 0 aliphatic heterocycles. The van der Waals surface area contributed by atoms with Gasteiger partial charge in [-0.05, 0) is 73.7 Å². The van der Waals surface area contributed by atoms with E-state index in [1.807, 2.05) is 54.6 Å². The van der Waals surface area contributed by atoms with Gasteiger partial charge < -0.3 is 14.8 Å². The maximum Gasteiger partial charge on any atom is 0.330 e. The molecule has 0 amide bonds. The van der Waals surface area contributed by atoms with Crippen molar-refractivity contribution in [3.8, 4) is 5.75 Å². The Labute approximate surface area is 184 Å². The van der Waals surface area contributed by atoms with Crippen molar-refractivity contribution < 1.29 is 14.3 Å². The smallest absolute Gasteiger partial charge is 0.330 e. The molecule has 4 nitrogen and oxygen atoms in total. The molecular formula is C27H29NO3. The minimum absolute atomic E-state index is 0.345. The molecule has 4 heteroatoms. The quantitative estimate of drug-likeness (QED) is 0.223. The van der Waals surface area contributed by atoms with Gasteiger partial charge in [0.15, 0.2) is 0 Å². The molecule has 0 heterocycles. The highest BCUT2D eigenvalue weighted by Gasteiger charge is 2.02. The van der Waals surface area contributed by atoms with Crippen molar-refractivity contribution >= 4 is 23.4 Å². The summed E-state index contributed by atoms with van der Waals surface area (Å²) in [4.78, 5) is 11.6. The molecule has 0 aliphatic carbocycles. The van der Waals surface area contributed by atoms with Gasteiger partial charge in [0.25, 0.3) is 0 Å². The summed E-state index contributed by atoms with van der Waals surface area (Å²) in [5, 5.41) is 3.39. The van der Waals surface area contributed by atoms with Crippen LogP contribution in [0.2, 0.25) is 0 Å². The van der Waals surface area contributed by atoms with Crippen LogP contribution in [0.25, 0.3) is 6.08 Å². The van der Waals surface area contributed by atoms with Crippen LogP contribution >= 0.6 is 0 Å². The summed E-state index contributed by atoms with van der Waals surface area (Å²) in [6, 6.07) is 26.3. The van der Waals surface area contributed by atoms with Crippen LogP contribution in [-0.4, -0.2) is 19.2 Å². The number of rotatable bonds is 11. The maximum atomic E-state index is 11.6. The van der Waals surface area contributed by atoms with E-state index in [0.717, 1.165) is 42.0 Å². The number of anilines is 2. The molecule has 160 valence electrons. The Bertz CT molecular complexity index is 965. The van der Waals surface area contributed by atoms with Gasteiger partial charge in [-0.1, -0.05) is 48.5 Å². The zero-order valence-corrected chi connectivity index (χ0v) is 17.9. The zero-order valence-electron chi connectivity index (χ0n) is 17.9. The SMILES string of the molecule is CCOC(=O)C=Cc1ccccc1Nc1ccc(OCCCCc2ccccc2)cc1. The molecule has 0 unspecified atom stereocenters. The number of ether oxygens (including phenoxy) is 2. The fraction of sp³-hybridized carbons (Fsp3) is 0.222. The summed E-state index contributed by atoms with van der Waals surface area (Å²) in [7, 11) is 0. The Morgan fingerprint density at radius 1 is 0.903 bits per heavy atom. The fourth-order valence-electron chi connectivity index (χ4n) is 3.16. The molecule has 31 heavy (non-hydrogen) atoms. The molecule has 0 radical (unpaired) electrons. The molecule has 1 N–H and O–H groups in total. The third-order valence-corrected chi connectivity index (χ3v) is 4.75. The lowest BCUT2D eigenvalue weighted by Gasteiger charge is -2.11. The van der Waals surface area contributed by atoms with Crippen LogP contribution < -0.4 is 10.1 Å². The number of esters is 1. The summed E-state index contributed by atoms with van der Waals surface area (Å²) in [5.74, 6) is 0.517. The van der Waals surface area contributed by atoms with E-state index in [0.29, 0.717) is 13.2 Å². The van der Waals surface area contributed by atoms with Crippen LogP contribution in [0.4, 0.5) is 11.4 Å². The van der Waals surface area contributed by atoms with Crippen LogP contribution in [-0.2, 0) is 16.0 Å². The van der Waals surface area contributed by atoms with Crippen molar-refractivity contribution in [3.05, 3.63) is 96.1 Å². The van der Waals surface area contributed by atoms with Gasteiger partial charge in [-0.3, -0.25) is 0 Å². The van der Waals surface area contributed by atoms with Crippen LogP contribution in [0.15, 0.2) is 84.9 Å². The highest BCUT2D eigenvalue weighted by Crippen LogP contribution is 2.24. The van der Waals surface area contributed by atoms with Crippen molar-refractivity contribution in [2.45, 2.75) is 26.2 Å². The number of carbonyl (C=O) groups excluding carboxylic acids is 1. The summed E-state index contributed by atoms with van der Waals surface area (Å²) in [6.07, 6.45) is 6.41. The summed E-state index contributed by atoms with van der Waals surface area (Å²) < 4.78 is 10.8. The largest absolute Gasteiger partial charge is 0.494 e. The first-order valence-electron chi connectivity index (χ1n) is 10.7. The van der Waals surface area contributed by atoms with Crippen molar-refractivity contribution in [3.63, 3.8) is 0 Å². The minimum Gasteiger partial charge on any atom is -0.494 e. The van der Waals surface area contributed by atoms with Gasteiger partial charge >= 0.3 is 5.97 Å². The topological polar surface area (TPSA) is 47.6 Å². The van der Waals surface area contributed by atoms with Crippen LogP contribution in [0.1, 0.15) is 30.9 Å². The monoisotopic (exact) mass is 415 g/mol. The second-order valence-corrected chi connectivity index (χ2v) is 7.11. The summed E-state index contributed by atoms with van der Waals surface area (Å²) >= 11 is 0. The van der Waals surface area contributed by atoms with E-state index in [9.17, 15) is 4.79 Å². The number of hydrogen-bond donors (Lipinski definition) is 1. The molecule has 3 aromatic rings. The molecule has 0 fully saturated rings. The first-order chi connectivity index (χ1) is 15.2. The first kappa shape index (κ1) is 22.2. The predicted octanol–water partition coefficient (Wildman–Crippen LogP) is 6.41. The second kappa shape index (κ2) is 12.2. The number of benzene rings is 3. The Morgan fingerprint density at radius 3 is 2.42 bits per heavy atom. The maximum absolute atomic E-state index is 11.6. The molecule has 0 saturated carbocycles. The number of hydrogen-bond acceptors (Lipinski definition) is 4. The number of aryl methyl sites for hydroxylation is 1. The van der Waals surface area contributed by atoms with E-state index in [-0.39, 0.29) is 5.97 Å². The number of unbranched alkanes of at least 4 members (excludes halogenated alkanes) is 1. The molecular weight excluding hydrogens is 386 g/mol. The minimum atomic E-state index is -0.345. The third kappa shape index (κ3) is 7.67. The van der Waals surface area contributed by atoms with Crippen molar-refractivity contribution in [2.24, 2.45) is 0 Å². The lowest BCUT2D eigenvalue weighted by molar-refractivity contribution is -0.137. The van der Waals surface area contributed by atoms with Gasteiger partial charge in [0.05, 0.1) is 13.2 Å². The van der Waals surface area contributed by atoms with Gasteiger partial charge in [-0.25, -0.2) is 4.79 Å². The van der Waals surface area contributed by atoms with E-state index in [1.165, 1.54) is 11.6 Å². The molecule has 0 bridgehead atoms. The molecule has 3 aromatic carbocycles. The van der Waals surface area contributed by atoms with Crippen LogP contribution in [0.5, 0.6) is 5.75 Å².